The summed E-state index contributed by atoms with van der Waals surface area (Å²) < 4.78 is 22.1. The van der Waals surface area contributed by atoms with Crippen LogP contribution in [0.5, 0.6) is 17.2 Å². The third kappa shape index (κ3) is 6.30. The average Bonchev–Trinajstić information content (AvgIpc) is 3.48. The lowest BCUT2D eigenvalue weighted by molar-refractivity contribution is -0.129. The zero-order valence-corrected chi connectivity index (χ0v) is 21.0. The van der Waals surface area contributed by atoms with E-state index in [0.717, 1.165) is 36.3 Å². The number of thiocarbonyl (C=S) groups is 1. The molecule has 2 aliphatic heterocycles. The third-order valence-electron chi connectivity index (χ3n) is 5.51. The topological polar surface area (TPSA) is 74.3 Å². The molecule has 182 valence electrons. The van der Waals surface area contributed by atoms with E-state index in [2.05, 4.69) is 0 Å². The minimum Gasteiger partial charge on any atom is -0.497 e. The molecule has 0 aromatic heterocycles. The number of nitrogens with zero attached hydrogens (tertiary/aromatic N) is 1. The number of hydrogen-bond donors (Lipinski definition) is 0. The molecule has 0 spiro atoms. The number of ether oxygens (including phenoxy) is 4. The highest BCUT2D eigenvalue weighted by molar-refractivity contribution is 8.26. The number of rotatable bonds is 8. The largest absolute Gasteiger partial charge is 0.497 e. The fraction of sp³-hybridized carbons (Fsp3) is 0.269. The van der Waals surface area contributed by atoms with Crippen LogP contribution in [-0.2, 0) is 14.3 Å². The molecule has 2 aliphatic rings. The van der Waals surface area contributed by atoms with E-state index in [1.54, 1.807) is 42.4 Å². The van der Waals surface area contributed by atoms with Crippen LogP contribution in [-0.4, -0.2) is 54.6 Å². The standard InChI is InChI=1S/C26H25NO6S2/c1-30-19-9-5-17(6-10-19)8-12-24(28)33-21-11-7-18(14-22(21)31-2)15-23-25(29)27(26(34)35-23)16-20-4-3-13-32-20/h5-12,14-15,20H,3-4,13,16H2,1-2H3/b12-8+,23-15-. The molecule has 9 heteroatoms. The molecule has 4 rings (SSSR count). The summed E-state index contributed by atoms with van der Waals surface area (Å²) in [6, 6.07) is 12.4. The van der Waals surface area contributed by atoms with Gasteiger partial charge in [0, 0.05) is 12.7 Å². The summed E-state index contributed by atoms with van der Waals surface area (Å²) in [5.41, 5.74) is 1.56. The second kappa shape index (κ2) is 11.5. The number of benzene rings is 2. The van der Waals surface area contributed by atoms with Crippen LogP contribution in [0.3, 0.4) is 0 Å². The fourth-order valence-electron chi connectivity index (χ4n) is 3.68. The van der Waals surface area contributed by atoms with Crippen molar-refractivity contribution >= 4 is 52.3 Å². The van der Waals surface area contributed by atoms with Gasteiger partial charge in [-0.1, -0.05) is 42.2 Å². The van der Waals surface area contributed by atoms with Gasteiger partial charge in [-0.25, -0.2) is 4.79 Å². The summed E-state index contributed by atoms with van der Waals surface area (Å²) in [6.45, 7) is 1.20. The van der Waals surface area contributed by atoms with E-state index in [1.165, 1.54) is 24.9 Å². The van der Waals surface area contributed by atoms with Gasteiger partial charge in [0.25, 0.3) is 5.91 Å². The summed E-state index contributed by atoms with van der Waals surface area (Å²) in [4.78, 5) is 27.3. The molecule has 2 aromatic carbocycles. The summed E-state index contributed by atoms with van der Waals surface area (Å²) >= 11 is 6.68. The highest BCUT2D eigenvalue weighted by Crippen LogP contribution is 2.35. The maximum atomic E-state index is 12.9. The normalized spacial score (nSPS) is 19.1. The van der Waals surface area contributed by atoms with Gasteiger partial charge in [-0.3, -0.25) is 9.69 Å². The van der Waals surface area contributed by atoms with Crippen LogP contribution in [0.15, 0.2) is 53.4 Å². The van der Waals surface area contributed by atoms with E-state index in [9.17, 15) is 9.59 Å². The van der Waals surface area contributed by atoms with Crippen molar-refractivity contribution in [1.82, 2.24) is 4.90 Å². The van der Waals surface area contributed by atoms with Crippen LogP contribution in [0.4, 0.5) is 0 Å². The summed E-state index contributed by atoms with van der Waals surface area (Å²) in [5, 5.41) is 0. The Morgan fingerprint density at radius 1 is 1.14 bits per heavy atom. The van der Waals surface area contributed by atoms with Crippen molar-refractivity contribution in [2.24, 2.45) is 0 Å². The van der Waals surface area contributed by atoms with Crippen LogP contribution >= 0.6 is 24.0 Å². The van der Waals surface area contributed by atoms with Crippen LogP contribution < -0.4 is 14.2 Å². The van der Waals surface area contributed by atoms with Crippen LogP contribution in [0.2, 0.25) is 0 Å². The lowest BCUT2D eigenvalue weighted by atomic mass is 10.1. The quantitative estimate of drug-likeness (QED) is 0.219. The van der Waals surface area contributed by atoms with Crippen LogP contribution in [0, 0.1) is 0 Å². The molecule has 2 fully saturated rings. The molecule has 1 amide bonds. The molecular formula is C26H25NO6S2. The first-order chi connectivity index (χ1) is 17.0. The maximum absolute atomic E-state index is 12.9. The van der Waals surface area contributed by atoms with Gasteiger partial charge in [0.1, 0.15) is 10.1 Å². The van der Waals surface area contributed by atoms with Crippen LogP contribution in [0.1, 0.15) is 24.0 Å². The van der Waals surface area contributed by atoms with Gasteiger partial charge >= 0.3 is 5.97 Å². The SMILES string of the molecule is COc1ccc(/C=C/C(=O)Oc2ccc(/C=C3\SC(=S)N(CC4CCCO4)C3=O)cc2OC)cc1. The van der Waals surface area contributed by atoms with E-state index in [-0.39, 0.29) is 17.8 Å². The molecule has 2 heterocycles. The second-order valence-corrected chi connectivity index (χ2v) is 9.54. The maximum Gasteiger partial charge on any atom is 0.336 e. The van der Waals surface area contributed by atoms with Gasteiger partial charge in [0.2, 0.25) is 0 Å². The van der Waals surface area contributed by atoms with Crippen molar-refractivity contribution in [3.8, 4) is 17.2 Å². The Bertz CT molecular complexity index is 1170. The Hall–Kier alpha value is -3.14. The molecule has 7 nitrogen and oxygen atoms in total. The predicted octanol–water partition coefficient (Wildman–Crippen LogP) is 4.70. The molecule has 2 saturated heterocycles. The highest BCUT2D eigenvalue weighted by atomic mass is 32.2. The summed E-state index contributed by atoms with van der Waals surface area (Å²) in [7, 11) is 3.09. The number of methoxy groups -OCH3 is 2. The zero-order chi connectivity index (χ0) is 24.8. The van der Waals surface area contributed by atoms with Crippen molar-refractivity contribution in [3.63, 3.8) is 0 Å². The van der Waals surface area contributed by atoms with E-state index in [4.69, 9.17) is 31.2 Å². The number of hydrogen-bond acceptors (Lipinski definition) is 8. The molecule has 0 bridgehead atoms. The van der Waals surface area contributed by atoms with Gasteiger partial charge in [-0.05, 0) is 60.4 Å². The minimum absolute atomic E-state index is 0.0321. The lowest BCUT2D eigenvalue weighted by Crippen LogP contribution is -2.35. The van der Waals surface area contributed by atoms with Gasteiger partial charge in [0.05, 0.1) is 31.8 Å². The van der Waals surface area contributed by atoms with Crippen LogP contribution in [0.25, 0.3) is 12.2 Å². The van der Waals surface area contributed by atoms with Gasteiger partial charge in [0.15, 0.2) is 11.5 Å². The monoisotopic (exact) mass is 511 g/mol. The van der Waals surface area contributed by atoms with E-state index in [1.807, 2.05) is 24.3 Å². The molecular weight excluding hydrogens is 486 g/mol. The van der Waals surface area contributed by atoms with Crippen molar-refractivity contribution in [1.29, 1.82) is 0 Å². The fourth-order valence-corrected chi connectivity index (χ4v) is 4.96. The molecule has 0 radical (unpaired) electrons. The number of thioether (sulfide) groups is 1. The first-order valence-electron chi connectivity index (χ1n) is 11.1. The molecule has 35 heavy (non-hydrogen) atoms. The minimum atomic E-state index is -0.540. The van der Waals surface area contributed by atoms with Crippen molar-refractivity contribution in [2.75, 3.05) is 27.4 Å². The number of carbonyl (C=O) groups is 2. The average molecular weight is 512 g/mol. The van der Waals surface area contributed by atoms with E-state index in [0.29, 0.717) is 21.5 Å². The molecule has 0 N–H and O–H groups in total. The smallest absolute Gasteiger partial charge is 0.336 e. The molecule has 0 aliphatic carbocycles. The Morgan fingerprint density at radius 2 is 1.91 bits per heavy atom. The Balaban J connectivity index is 1.42. The molecule has 0 saturated carbocycles. The number of amides is 1. The highest BCUT2D eigenvalue weighted by Gasteiger charge is 2.34. The van der Waals surface area contributed by atoms with E-state index < -0.39 is 5.97 Å². The summed E-state index contributed by atoms with van der Waals surface area (Å²) in [5.74, 6) is 0.717. The number of carbonyl (C=O) groups excluding carboxylic acids is 2. The molecule has 1 unspecified atom stereocenters. The number of esters is 1. The summed E-state index contributed by atoms with van der Waals surface area (Å²) in [6.07, 6.45) is 6.72. The van der Waals surface area contributed by atoms with Crippen molar-refractivity contribution < 1.29 is 28.5 Å². The third-order valence-corrected chi connectivity index (χ3v) is 6.89. The van der Waals surface area contributed by atoms with Crippen molar-refractivity contribution in [2.45, 2.75) is 18.9 Å². The second-order valence-electron chi connectivity index (χ2n) is 7.87. The Kier molecular flexibility index (Phi) is 8.22. The predicted molar refractivity (Wildman–Crippen MR) is 140 cm³/mol. The van der Waals surface area contributed by atoms with Gasteiger partial charge in [-0.2, -0.15) is 0 Å². The Morgan fingerprint density at radius 3 is 2.60 bits per heavy atom. The molecule has 1 atom stereocenters. The first-order valence-corrected chi connectivity index (χ1v) is 12.3. The van der Waals surface area contributed by atoms with E-state index >= 15 is 0 Å². The lowest BCUT2D eigenvalue weighted by Gasteiger charge is -2.18. The zero-order valence-electron chi connectivity index (χ0n) is 19.4. The van der Waals surface area contributed by atoms with Crippen molar-refractivity contribution in [3.05, 3.63) is 64.6 Å². The van der Waals surface area contributed by atoms with Gasteiger partial charge < -0.3 is 18.9 Å². The van der Waals surface area contributed by atoms with Gasteiger partial charge in [-0.15, -0.1) is 0 Å². The first kappa shape index (κ1) is 25.0. The Labute approximate surface area is 213 Å². The molecule has 2 aromatic rings.